The van der Waals surface area contributed by atoms with Crippen molar-refractivity contribution < 1.29 is 38.3 Å². The monoisotopic (exact) mass is 490 g/mol. The molecule has 3 unspecified atom stereocenters. The zero-order chi connectivity index (χ0) is 23.6. The van der Waals surface area contributed by atoms with E-state index in [4.69, 9.17) is 33.2 Å². The fraction of sp³-hybridized carbons (Fsp3) is 0.778. The van der Waals surface area contributed by atoms with Crippen molar-refractivity contribution in [2.75, 3.05) is 13.2 Å². The van der Waals surface area contributed by atoms with Crippen LogP contribution in [0.4, 0.5) is 0 Å². The molecule has 0 spiro atoms. The molecular weight excluding hydrogens is 452 g/mol. The van der Waals surface area contributed by atoms with Gasteiger partial charge in [-0.05, 0) is 68.9 Å². The molecule has 8 heteroatoms. The third-order valence-corrected chi connectivity index (χ3v) is 8.11. The molecule has 3 saturated heterocycles. The fourth-order valence-electron chi connectivity index (χ4n) is 6.42. The zero-order valence-electron chi connectivity index (χ0n) is 20.3. The van der Waals surface area contributed by atoms with Crippen LogP contribution in [0.15, 0.2) is 24.3 Å². The van der Waals surface area contributed by atoms with Gasteiger partial charge >= 0.3 is 0 Å². The van der Waals surface area contributed by atoms with Crippen molar-refractivity contribution in [3.05, 3.63) is 24.3 Å². The predicted octanol–water partition coefficient (Wildman–Crippen LogP) is 4.13. The largest absolute Gasteiger partial charge is 0.451 e. The first-order chi connectivity index (χ1) is 17.2. The Morgan fingerprint density at radius 2 is 1.69 bits per heavy atom. The van der Waals surface area contributed by atoms with E-state index in [0.29, 0.717) is 18.9 Å². The maximum absolute atomic E-state index is 10.1. The van der Waals surface area contributed by atoms with Crippen molar-refractivity contribution in [1.29, 1.82) is 0 Å². The maximum atomic E-state index is 10.1. The third-order valence-electron chi connectivity index (χ3n) is 8.11. The van der Waals surface area contributed by atoms with Crippen LogP contribution in [0.2, 0.25) is 0 Å². The number of rotatable bonds is 8. The zero-order valence-corrected chi connectivity index (χ0v) is 20.3. The molecule has 8 atom stereocenters. The van der Waals surface area contributed by atoms with Crippen LogP contribution in [0.5, 0.6) is 11.5 Å². The minimum atomic E-state index is -0.671. The van der Waals surface area contributed by atoms with Gasteiger partial charge < -0.3 is 38.3 Å². The van der Waals surface area contributed by atoms with E-state index in [0.717, 1.165) is 75.9 Å². The number of fused-ring (bicyclic) bond motifs is 2. The van der Waals surface area contributed by atoms with Gasteiger partial charge in [0.15, 0.2) is 30.4 Å². The summed E-state index contributed by atoms with van der Waals surface area (Å²) < 4.78 is 42.6. The van der Waals surface area contributed by atoms with E-state index < -0.39 is 6.29 Å². The Labute approximate surface area is 207 Å². The first kappa shape index (κ1) is 23.9. The molecule has 194 valence electrons. The Morgan fingerprint density at radius 3 is 2.49 bits per heavy atom. The number of ether oxygens (including phenoxy) is 7. The van der Waals surface area contributed by atoms with Crippen molar-refractivity contribution in [3.63, 3.8) is 0 Å². The average Bonchev–Trinajstić information content (AvgIpc) is 3.53. The molecule has 4 heterocycles. The van der Waals surface area contributed by atoms with Gasteiger partial charge in [-0.2, -0.15) is 0 Å². The van der Waals surface area contributed by atoms with Crippen molar-refractivity contribution in [2.24, 2.45) is 11.8 Å². The second-order valence-corrected chi connectivity index (χ2v) is 10.5. The highest BCUT2D eigenvalue weighted by molar-refractivity contribution is 5.41. The second-order valence-electron chi connectivity index (χ2n) is 10.5. The minimum absolute atomic E-state index is 0.0154. The fourth-order valence-corrected chi connectivity index (χ4v) is 6.42. The maximum Gasteiger partial charge on any atom is 0.241 e. The first-order valence-electron chi connectivity index (χ1n) is 13.5. The molecule has 1 aromatic rings. The quantitative estimate of drug-likeness (QED) is 0.582. The summed E-state index contributed by atoms with van der Waals surface area (Å²) in [5.74, 6) is 2.21. The molecule has 5 aliphatic rings. The summed E-state index contributed by atoms with van der Waals surface area (Å²) in [4.78, 5) is 0. The van der Waals surface area contributed by atoms with Crippen molar-refractivity contribution in [3.8, 4) is 11.5 Å². The van der Waals surface area contributed by atoms with Gasteiger partial charge in [0, 0.05) is 32.5 Å². The highest BCUT2D eigenvalue weighted by Gasteiger charge is 2.51. The normalized spacial score (nSPS) is 39.1. The molecule has 4 fully saturated rings. The van der Waals surface area contributed by atoms with Crippen LogP contribution in [-0.4, -0.2) is 61.8 Å². The smallest absolute Gasteiger partial charge is 0.241 e. The van der Waals surface area contributed by atoms with Gasteiger partial charge in [-0.3, -0.25) is 0 Å². The summed E-state index contributed by atoms with van der Waals surface area (Å²) in [6.07, 6.45) is 7.69. The summed E-state index contributed by atoms with van der Waals surface area (Å²) >= 11 is 0. The van der Waals surface area contributed by atoms with E-state index in [9.17, 15) is 5.11 Å². The number of hydrogen-bond donors (Lipinski definition) is 1. The number of hydrogen-bond acceptors (Lipinski definition) is 8. The van der Waals surface area contributed by atoms with Crippen LogP contribution in [0.3, 0.4) is 0 Å². The molecule has 4 aliphatic heterocycles. The van der Waals surface area contributed by atoms with E-state index >= 15 is 0 Å². The molecule has 0 bridgehead atoms. The lowest BCUT2D eigenvalue weighted by Crippen LogP contribution is -2.44. The van der Waals surface area contributed by atoms with Crippen LogP contribution >= 0.6 is 0 Å². The number of aliphatic hydroxyl groups is 1. The number of aliphatic hydroxyl groups excluding tert-OH is 1. The molecule has 1 aromatic carbocycles. The summed E-state index contributed by atoms with van der Waals surface area (Å²) in [5, 5.41) is 10.1. The van der Waals surface area contributed by atoms with Gasteiger partial charge in [0.25, 0.3) is 0 Å². The first-order valence-corrected chi connectivity index (χ1v) is 13.5. The van der Waals surface area contributed by atoms with E-state index in [-0.39, 0.29) is 43.1 Å². The lowest BCUT2D eigenvalue weighted by Gasteiger charge is -2.37. The van der Waals surface area contributed by atoms with Gasteiger partial charge in [0.05, 0.1) is 12.2 Å². The third kappa shape index (κ3) is 5.48. The van der Waals surface area contributed by atoms with Crippen molar-refractivity contribution in [1.82, 2.24) is 0 Å². The molecule has 35 heavy (non-hydrogen) atoms. The molecular formula is C27H38O8. The highest BCUT2D eigenvalue weighted by Crippen LogP contribution is 2.47. The Kier molecular flexibility index (Phi) is 7.46. The average molecular weight is 491 g/mol. The lowest BCUT2D eigenvalue weighted by atomic mass is 9.87. The minimum Gasteiger partial charge on any atom is -0.451 e. The van der Waals surface area contributed by atoms with Crippen LogP contribution < -0.4 is 9.47 Å². The summed E-state index contributed by atoms with van der Waals surface area (Å²) in [6, 6.07) is 7.81. The van der Waals surface area contributed by atoms with Gasteiger partial charge in [0.2, 0.25) is 6.29 Å². The SMILES string of the molecule is OC1C[C@@H]2[C@@H](CCCC3Oc4ccccc4O3)[C@H](OC3OCCC[C@@H]3OC3CCCCO3)C[C@@H]2O1. The van der Waals surface area contributed by atoms with Crippen LogP contribution in [-0.2, 0) is 23.7 Å². The Morgan fingerprint density at radius 1 is 0.857 bits per heavy atom. The van der Waals surface area contributed by atoms with Crippen LogP contribution in [0.25, 0.3) is 0 Å². The van der Waals surface area contributed by atoms with Gasteiger partial charge in [-0.1, -0.05) is 12.1 Å². The Bertz CT molecular complexity index is 804. The van der Waals surface area contributed by atoms with Gasteiger partial charge in [-0.15, -0.1) is 0 Å². The van der Waals surface area contributed by atoms with Crippen LogP contribution in [0.1, 0.15) is 64.2 Å². The number of benzene rings is 1. The molecule has 0 aromatic heterocycles. The molecule has 8 nitrogen and oxygen atoms in total. The Balaban J connectivity index is 1.06. The van der Waals surface area contributed by atoms with Crippen LogP contribution in [0, 0.1) is 11.8 Å². The van der Waals surface area contributed by atoms with E-state index in [1.165, 1.54) is 0 Å². The lowest BCUT2D eigenvalue weighted by molar-refractivity contribution is -0.290. The van der Waals surface area contributed by atoms with Crippen molar-refractivity contribution in [2.45, 2.75) is 108 Å². The summed E-state index contributed by atoms with van der Waals surface area (Å²) in [6.45, 7) is 1.45. The predicted molar refractivity (Wildman–Crippen MR) is 125 cm³/mol. The molecule has 1 saturated carbocycles. The van der Waals surface area contributed by atoms with Gasteiger partial charge in [0.1, 0.15) is 6.10 Å². The topological polar surface area (TPSA) is 84.8 Å². The molecule has 1 aliphatic carbocycles. The van der Waals surface area contributed by atoms with Crippen molar-refractivity contribution >= 4 is 0 Å². The molecule has 0 amide bonds. The molecule has 6 rings (SSSR count). The summed E-state index contributed by atoms with van der Waals surface area (Å²) in [7, 11) is 0. The second kappa shape index (κ2) is 10.9. The Hall–Kier alpha value is -1.42. The standard InChI is InChI=1S/C27H38O8/c28-24-15-18-17(7-5-12-26-32-19-8-1-2-9-20(19)33-26)22(16-23(18)31-24)35-27-21(10-6-14-30-27)34-25-11-3-4-13-29-25/h1-2,8-9,17-18,21-28H,3-7,10-16H2/t17-,18-,21+,22-,23+,24?,25?,27?/m1/s1. The van der Waals surface area contributed by atoms with E-state index in [1.807, 2.05) is 24.3 Å². The molecule has 1 N–H and O–H groups in total. The highest BCUT2D eigenvalue weighted by atomic mass is 16.7. The van der Waals surface area contributed by atoms with E-state index in [2.05, 4.69) is 0 Å². The van der Waals surface area contributed by atoms with Gasteiger partial charge in [-0.25, -0.2) is 0 Å². The summed E-state index contributed by atoms with van der Waals surface area (Å²) in [5.41, 5.74) is 0. The number of para-hydroxylation sites is 2. The van der Waals surface area contributed by atoms with E-state index in [1.54, 1.807) is 0 Å². The molecule has 0 radical (unpaired) electrons.